The Labute approximate surface area is 160 Å². The van der Waals surface area contributed by atoms with Gasteiger partial charge in [-0.1, -0.05) is 42.0 Å². The zero-order valence-corrected chi connectivity index (χ0v) is 15.8. The van der Waals surface area contributed by atoms with E-state index in [-0.39, 0.29) is 11.7 Å². The number of carbonyl (C=O) groups is 1. The Kier molecular flexibility index (Phi) is 5.97. The summed E-state index contributed by atoms with van der Waals surface area (Å²) in [6.45, 7) is 4.88. The summed E-state index contributed by atoms with van der Waals surface area (Å²) in [6, 6.07) is 17.1. The van der Waals surface area contributed by atoms with Crippen LogP contribution in [0.25, 0.3) is 0 Å². The van der Waals surface area contributed by atoms with E-state index in [1.165, 1.54) is 16.7 Å². The van der Waals surface area contributed by atoms with Crippen LogP contribution in [0.2, 0.25) is 0 Å². The number of rotatable bonds is 7. The molecule has 2 aromatic carbocycles. The average molecular weight is 363 g/mol. The van der Waals surface area contributed by atoms with Gasteiger partial charge in [0.15, 0.2) is 0 Å². The van der Waals surface area contributed by atoms with Gasteiger partial charge in [-0.25, -0.2) is 0 Å². The Balaban J connectivity index is 1.72. The number of nitrogens with zero attached hydrogens (tertiary/aromatic N) is 1. The summed E-state index contributed by atoms with van der Waals surface area (Å²) in [4.78, 5) is 14.7. The molecule has 140 valence electrons. The normalized spacial score (nSPS) is 10.7. The molecule has 3 rings (SSSR count). The van der Waals surface area contributed by atoms with Crippen LogP contribution < -0.4 is 0 Å². The third-order valence-electron chi connectivity index (χ3n) is 4.74. The molecule has 0 radical (unpaired) electrons. The number of phenolic OH excluding ortho intramolecular Hbond substituents is 1. The van der Waals surface area contributed by atoms with Crippen molar-refractivity contribution >= 4 is 5.91 Å². The zero-order chi connectivity index (χ0) is 19.2. The number of amides is 1. The molecule has 3 aromatic rings. The first-order chi connectivity index (χ1) is 13.0. The second kappa shape index (κ2) is 8.58. The molecule has 1 N–H and O–H groups in total. The van der Waals surface area contributed by atoms with Crippen molar-refractivity contribution in [2.45, 2.75) is 39.8 Å². The van der Waals surface area contributed by atoms with Crippen LogP contribution in [0.1, 0.15) is 34.4 Å². The second-order valence-corrected chi connectivity index (χ2v) is 6.89. The predicted octanol–water partition coefficient (Wildman–Crippen LogP) is 4.76. The highest BCUT2D eigenvalue weighted by molar-refractivity contribution is 5.76. The number of aryl methyl sites for hydroxylation is 3. The molecule has 0 fully saturated rings. The van der Waals surface area contributed by atoms with E-state index in [0.717, 1.165) is 11.3 Å². The molecular weight excluding hydrogens is 338 g/mol. The lowest BCUT2D eigenvalue weighted by Crippen LogP contribution is -2.30. The highest BCUT2D eigenvalue weighted by Crippen LogP contribution is 2.21. The highest BCUT2D eigenvalue weighted by atomic mass is 16.3. The highest BCUT2D eigenvalue weighted by Gasteiger charge is 2.17. The molecular formula is C23H25NO3. The molecule has 0 unspecified atom stereocenters. The summed E-state index contributed by atoms with van der Waals surface area (Å²) in [6.07, 6.45) is 2.71. The van der Waals surface area contributed by atoms with Gasteiger partial charge in [-0.15, -0.1) is 0 Å². The minimum Gasteiger partial charge on any atom is -0.508 e. The fraction of sp³-hybridized carbons (Fsp3) is 0.261. The Morgan fingerprint density at radius 3 is 2.52 bits per heavy atom. The van der Waals surface area contributed by atoms with Crippen LogP contribution in [-0.2, 0) is 24.3 Å². The lowest BCUT2D eigenvalue weighted by atomic mass is 10.0. The van der Waals surface area contributed by atoms with Crippen LogP contribution in [0.3, 0.4) is 0 Å². The Bertz CT molecular complexity index is 900. The molecule has 1 aromatic heterocycles. The third-order valence-corrected chi connectivity index (χ3v) is 4.74. The number of benzene rings is 2. The van der Waals surface area contributed by atoms with Crippen LogP contribution in [0.5, 0.6) is 5.75 Å². The van der Waals surface area contributed by atoms with Crippen LogP contribution in [-0.4, -0.2) is 15.9 Å². The number of aromatic hydroxyl groups is 1. The summed E-state index contributed by atoms with van der Waals surface area (Å²) >= 11 is 0. The van der Waals surface area contributed by atoms with Crippen molar-refractivity contribution in [3.63, 3.8) is 0 Å². The molecule has 4 heteroatoms. The largest absolute Gasteiger partial charge is 0.508 e. The van der Waals surface area contributed by atoms with E-state index in [2.05, 4.69) is 32.0 Å². The molecule has 0 saturated heterocycles. The quantitative estimate of drug-likeness (QED) is 0.658. The topological polar surface area (TPSA) is 53.7 Å². The van der Waals surface area contributed by atoms with Gasteiger partial charge in [0.2, 0.25) is 5.91 Å². The molecule has 0 saturated carbocycles. The molecule has 1 heterocycles. The predicted molar refractivity (Wildman–Crippen MR) is 105 cm³/mol. The minimum atomic E-state index is 0.0367. The summed E-state index contributed by atoms with van der Waals surface area (Å²) in [5, 5.41) is 10.1. The van der Waals surface area contributed by atoms with E-state index in [0.29, 0.717) is 25.9 Å². The summed E-state index contributed by atoms with van der Waals surface area (Å²) in [7, 11) is 0. The van der Waals surface area contributed by atoms with Crippen LogP contribution >= 0.6 is 0 Å². The smallest absolute Gasteiger partial charge is 0.223 e. The molecule has 0 aliphatic heterocycles. The van der Waals surface area contributed by atoms with Crippen molar-refractivity contribution in [2.75, 3.05) is 0 Å². The fourth-order valence-corrected chi connectivity index (χ4v) is 3.20. The standard InChI is InChI=1S/C23H25NO3/c1-17-9-10-19(18(2)14-17)11-12-23(26)24(16-21-7-5-13-27-21)15-20-6-3-4-8-22(20)25/h3-10,13-14,25H,11-12,15-16H2,1-2H3. The average Bonchev–Trinajstić information content (AvgIpc) is 3.15. The van der Waals surface area contributed by atoms with Gasteiger partial charge < -0.3 is 14.4 Å². The molecule has 4 nitrogen and oxygen atoms in total. The van der Waals surface area contributed by atoms with E-state index in [4.69, 9.17) is 4.42 Å². The van der Waals surface area contributed by atoms with E-state index in [9.17, 15) is 9.90 Å². The van der Waals surface area contributed by atoms with E-state index in [1.807, 2.05) is 24.3 Å². The van der Waals surface area contributed by atoms with Crippen molar-refractivity contribution in [1.29, 1.82) is 0 Å². The van der Waals surface area contributed by atoms with Gasteiger partial charge in [0.25, 0.3) is 0 Å². The van der Waals surface area contributed by atoms with Gasteiger partial charge in [-0.2, -0.15) is 0 Å². The van der Waals surface area contributed by atoms with Gasteiger partial charge >= 0.3 is 0 Å². The maximum Gasteiger partial charge on any atom is 0.223 e. The number of furan rings is 1. The van der Waals surface area contributed by atoms with Crippen molar-refractivity contribution in [1.82, 2.24) is 4.90 Å². The summed E-state index contributed by atoms with van der Waals surface area (Å²) in [5.41, 5.74) is 4.35. The van der Waals surface area contributed by atoms with Gasteiger partial charge in [0.05, 0.1) is 12.8 Å². The zero-order valence-electron chi connectivity index (χ0n) is 15.8. The molecule has 0 aliphatic carbocycles. The van der Waals surface area contributed by atoms with Crippen molar-refractivity contribution in [3.8, 4) is 5.75 Å². The van der Waals surface area contributed by atoms with Crippen molar-refractivity contribution in [2.24, 2.45) is 0 Å². The summed E-state index contributed by atoms with van der Waals surface area (Å²) in [5.74, 6) is 0.962. The molecule has 27 heavy (non-hydrogen) atoms. The lowest BCUT2D eigenvalue weighted by molar-refractivity contribution is -0.132. The van der Waals surface area contributed by atoms with Gasteiger partial charge in [-0.3, -0.25) is 4.79 Å². The number of para-hydroxylation sites is 1. The van der Waals surface area contributed by atoms with Crippen LogP contribution in [0.4, 0.5) is 0 Å². The fourth-order valence-electron chi connectivity index (χ4n) is 3.20. The van der Waals surface area contributed by atoms with E-state index < -0.39 is 0 Å². The van der Waals surface area contributed by atoms with Gasteiger partial charge in [0, 0.05) is 18.5 Å². The second-order valence-electron chi connectivity index (χ2n) is 6.89. The third kappa shape index (κ3) is 5.00. The van der Waals surface area contributed by atoms with Crippen molar-refractivity contribution in [3.05, 3.63) is 88.9 Å². The lowest BCUT2D eigenvalue weighted by Gasteiger charge is -2.22. The number of carbonyl (C=O) groups excluding carboxylic acids is 1. The molecule has 0 bridgehead atoms. The first kappa shape index (κ1) is 18.8. The monoisotopic (exact) mass is 363 g/mol. The maximum atomic E-state index is 12.9. The molecule has 0 spiro atoms. The minimum absolute atomic E-state index is 0.0367. The summed E-state index contributed by atoms with van der Waals surface area (Å²) < 4.78 is 5.42. The van der Waals surface area contributed by atoms with Crippen LogP contribution in [0.15, 0.2) is 65.3 Å². The maximum absolute atomic E-state index is 12.9. The molecule has 1 amide bonds. The van der Waals surface area contributed by atoms with Crippen LogP contribution in [0, 0.1) is 13.8 Å². The molecule has 0 atom stereocenters. The van der Waals surface area contributed by atoms with Crippen molar-refractivity contribution < 1.29 is 14.3 Å². The number of hydrogen-bond donors (Lipinski definition) is 1. The Morgan fingerprint density at radius 2 is 1.81 bits per heavy atom. The first-order valence-corrected chi connectivity index (χ1v) is 9.16. The molecule has 0 aliphatic rings. The Morgan fingerprint density at radius 1 is 1.00 bits per heavy atom. The Hall–Kier alpha value is -3.01. The number of phenols is 1. The van der Waals surface area contributed by atoms with E-state index in [1.54, 1.807) is 23.3 Å². The first-order valence-electron chi connectivity index (χ1n) is 9.16. The van der Waals surface area contributed by atoms with Gasteiger partial charge in [-0.05, 0) is 49.6 Å². The van der Waals surface area contributed by atoms with E-state index >= 15 is 0 Å². The number of hydrogen-bond acceptors (Lipinski definition) is 3. The van der Waals surface area contributed by atoms with Gasteiger partial charge in [0.1, 0.15) is 11.5 Å². The SMILES string of the molecule is Cc1ccc(CCC(=O)N(Cc2ccco2)Cc2ccccc2O)c(C)c1.